The average Bonchev–Trinajstić information content (AvgIpc) is 3.56. The summed E-state index contributed by atoms with van der Waals surface area (Å²) in [6.45, 7) is 0. The van der Waals surface area contributed by atoms with Crippen molar-refractivity contribution in [1.82, 2.24) is 24.3 Å². The molecule has 0 aliphatic carbocycles. The van der Waals surface area contributed by atoms with E-state index >= 15 is 13.2 Å². The molecule has 0 N–H and O–H groups in total. The molecule has 0 atom stereocenters. The molecular weight excluding hydrogens is 694 g/mol. The van der Waals surface area contributed by atoms with Crippen molar-refractivity contribution in [3.8, 4) is 51.4 Å². The van der Waals surface area contributed by atoms with E-state index in [0.29, 0.717) is 72.1 Å². The van der Waals surface area contributed by atoms with E-state index in [9.17, 15) is 5.26 Å². The van der Waals surface area contributed by atoms with Crippen LogP contribution in [0.5, 0.6) is 0 Å². The van der Waals surface area contributed by atoms with Crippen LogP contribution in [0.25, 0.3) is 94.4 Å². The third-order valence-electron chi connectivity index (χ3n) is 9.99. The Bertz CT molecular complexity index is 3130. The molecule has 0 saturated heterocycles. The maximum atomic E-state index is 15.1. The lowest BCUT2D eigenvalue weighted by atomic mass is 10.0. The second-order valence-electron chi connectivity index (χ2n) is 13.3. The van der Waals surface area contributed by atoms with Crippen LogP contribution >= 0.6 is 0 Å². The quantitative estimate of drug-likeness (QED) is 0.181. The van der Waals surface area contributed by atoms with Crippen molar-refractivity contribution in [3.05, 3.63) is 163 Å². The Kier molecular flexibility index (Phi) is 7.22. The minimum Gasteiger partial charge on any atom is -0.308 e. The molecule has 0 aliphatic rings. The molecular formula is C46H25F3N6. The number of fused-ring (bicyclic) bond motifs is 10. The van der Waals surface area contributed by atoms with E-state index in [0.717, 1.165) is 11.1 Å². The maximum absolute atomic E-state index is 15.1. The fourth-order valence-corrected chi connectivity index (χ4v) is 7.53. The predicted molar refractivity (Wildman–Crippen MR) is 210 cm³/mol. The van der Waals surface area contributed by atoms with Crippen LogP contribution in [0.15, 0.2) is 152 Å². The van der Waals surface area contributed by atoms with E-state index in [-0.39, 0.29) is 16.7 Å². The summed E-state index contributed by atoms with van der Waals surface area (Å²) in [6, 6.07) is 48.1. The zero-order valence-corrected chi connectivity index (χ0v) is 28.8. The van der Waals surface area contributed by atoms with E-state index in [1.54, 1.807) is 24.3 Å². The molecule has 0 saturated carbocycles. The van der Waals surface area contributed by atoms with Gasteiger partial charge in [0.05, 0.1) is 56.2 Å². The van der Waals surface area contributed by atoms with Crippen LogP contribution in [0, 0.1) is 11.3 Å². The molecule has 0 amide bonds. The third kappa shape index (κ3) is 5.34. The van der Waals surface area contributed by atoms with E-state index in [4.69, 9.17) is 19.9 Å². The highest BCUT2D eigenvalue weighted by Gasteiger charge is 2.34. The molecule has 6 nitrogen and oxygen atoms in total. The molecule has 0 radical (unpaired) electrons. The van der Waals surface area contributed by atoms with Gasteiger partial charge in [-0.2, -0.15) is 18.4 Å². The van der Waals surface area contributed by atoms with Gasteiger partial charge >= 0.3 is 6.18 Å². The summed E-state index contributed by atoms with van der Waals surface area (Å²) in [7, 11) is 0. The van der Waals surface area contributed by atoms with Crippen LogP contribution in [0.3, 0.4) is 0 Å². The van der Waals surface area contributed by atoms with Crippen LogP contribution in [0.2, 0.25) is 0 Å². The Morgan fingerprint density at radius 2 is 1.07 bits per heavy atom. The molecule has 4 aromatic heterocycles. The minimum absolute atomic E-state index is 0.0699. The topological polar surface area (TPSA) is 79.8 Å². The lowest BCUT2D eigenvalue weighted by Crippen LogP contribution is -2.06. The van der Waals surface area contributed by atoms with Crippen molar-refractivity contribution in [2.24, 2.45) is 0 Å². The van der Waals surface area contributed by atoms with Crippen molar-refractivity contribution < 1.29 is 13.2 Å². The first-order valence-corrected chi connectivity index (χ1v) is 17.5. The summed E-state index contributed by atoms with van der Waals surface area (Å²) < 4.78 is 47.3. The fourth-order valence-electron chi connectivity index (χ4n) is 7.53. The summed E-state index contributed by atoms with van der Waals surface area (Å²) in [5.74, 6) is 0.735. The number of nitriles is 1. The number of para-hydroxylation sites is 1. The monoisotopic (exact) mass is 718 g/mol. The minimum atomic E-state index is -4.69. The molecule has 4 heterocycles. The van der Waals surface area contributed by atoms with Crippen molar-refractivity contribution in [1.29, 1.82) is 5.26 Å². The number of alkyl halides is 3. The molecule has 10 rings (SSSR count). The van der Waals surface area contributed by atoms with Crippen LogP contribution < -0.4 is 0 Å². The molecule has 0 fully saturated rings. The summed E-state index contributed by atoms with van der Waals surface area (Å²) in [5.41, 5.74) is 5.91. The van der Waals surface area contributed by atoms with Crippen LogP contribution in [0.4, 0.5) is 13.2 Å². The van der Waals surface area contributed by atoms with Gasteiger partial charge in [-0.25, -0.2) is 19.9 Å². The summed E-state index contributed by atoms with van der Waals surface area (Å²) in [6.07, 6.45) is -4.69. The third-order valence-corrected chi connectivity index (χ3v) is 9.99. The number of hydrogen-bond acceptors (Lipinski definition) is 5. The number of rotatable bonds is 4. The van der Waals surface area contributed by atoms with Gasteiger partial charge in [0.1, 0.15) is 0 Å². The Balaban J connectivity index is 1.47. The van der Waals surface area contributed by atoms with E-state index in [1.165, 1.54) is 6.07 Å². The van der Waals surface area contributed by atoms with Crippen molar-refractivity contribution in [2.45, 2.75) is 6.18 Å². The lowest BCUT2D eigenvalue weighted by molar-refractivity contribution is -0.136. The predicted octanol–water partition coefficient (Wildman–Crippen LogP) is 11.7. The molecule has 0 aliphatic heterocycles. The average molecular weight is 719 g/mol. The van der Waals surface area contributed by atoms with Crippen LogP contribution in [0.1, 0.15) is 11.1 Å². The van der Waals surface area contributed by atoms with Gasteiger partial charge in [0.2, 0.25) is 0 Å². The second-order valence-corrected chi connectivity index (χ2v) is 13.3. The van der Waals surface area contributed by atoms with E-state index in [1.807, 2.05) is 126 Å². The SMILES string of the molecule is N#Cc1cc(-c2cc(-c3ccccc3)nc(-c3ccccc3)n2)c2c(c1)c1cc(nc(-c3ccccc3)n1)c1cc3c(cc1C(F)(F)F)c1ccccc1n32. The Morgan fingerprint density at radius 3 is 1.73 bits per heavy atom. The highest BCUT2D eigenvalue weighted by molar-refractivity contribution is 6.16. The Labute approximate surface area is 311 Å². The van der Waals surface area contributed by atoms with Gasteiger partial charge in [0, 0.05) is 43.8 Å². The van der Waals surface area contributed by atoms with E-state index < -0.39 is 11.7 Å². The van der Waals surface area contributed by atoms with Crippen molar-refractivity contribution in [3.63, 3.8) is 0 Å². The van der Waals surface area contributed by atoms with Gasteiger partial charge in [-0.15, -0.1) is 0 Å². The van der Waals surface area contributed by atoms with Gasteiger partial charge in [-0.1, -0.05) is 109 Å². The first-order chi connectivity index (χ1) is 26.8. The molecule has 55 heavy (non-hydrogen) atoms. The van der Waals surface area contributed by atoms with Gasteiger partial charge in [0.25, 0.3) is 0 Å². The number of hydrogen-bond donors (Lipinski definition) is 0. The molecule has 10 aromatic rings. The summed E-state index contributed by atoms with van der Waals surface area (Å²) >= 11 is 0. The molecule has 0 unspecified atom stereocenters. The number of aromatic nitrogens is 5. The zero-order chi connectivity index (χ0) is 37.3. The van der Waals surface area contributed by atoms with Crippen LogP contribution in [-0.4, -0.2) is 24.3 Å². The standard InChI is InChI=1S/C46H25F3N6/c47-46(48,49)36-22-32-31-18-10-11-19-41(31)55-42(32)23-33(36)38-25-40(54-45(52-38)30-16-8-3-9-17-30)35-21-27(26-50)20-34(43(35)55)39-24-37(28-12-4-1-5-13-28)51-44(53-39)29-14-6-2-7-15-29/h1-25H. The largest absolute Gasteiger partial charge is 0.417 e. The highest BCUT2D eigenvalue weighted by Crippen LogP contribution is 2.43. The van der Waals surface area contributed by atoms with Crippen molar-refractivity contribution >= 4 is 49.1 Å². The van der Waals surface area contributed by atoms with Crippen LogP contribution in [-0.2, 0) is 6.18 Å². The van der Waals surface area contributed by atoms with Gasteiger partial charge in [0.15, 0.2) is 11.6 Å². The fraction of sp³-hybridized carbons (Fsp3) is 0.0217. The number of nitrogens with zero attached hydrogens (tertiary/aromatic N) is 6. The maximum Gasteiger partial charge on any atom is 0.417 e. The lowest BCUT2D eigenvalue weighted by Gasteiger charge is -2.13. The Morgan fingerprint density at radius 1 is 0.491 bits per heavy atom. The van der Waals surface area contributed by atoms with Crippen molar-refractivity contribution in [2.75, 3.05) is 0 Å². The highest BCUT2D eigenvalue weighted by atomic mass is 19.4. The zero-order valence-electron chi connectivity index (χ0n) is 28.8. The molecule has 6 aromatic carbocycles. The molecule has 260 valence electrons. The number of halogens is 3. The van der Waals surface area contributed by atoms with Gasteiger partial charge in [-0.05, 0) is 42.5 Å². The Hall–Kier alpha value is -7.44. The van der Waals surface area contributed by atoms with E-state index in [2.05, 4.69) is 6.07 Å². The molecule has 9 heteroatoms. The first kappa shape index (κ1) is 32.2. The van der Waals surface area contributed by atoms with Gasteiger partial charge < -0.3 is 4.40 Å². The van der Waals surface area contributed by atoms with Gasteiger partial charge in [-0.3, -0.25) is 0 Å². The number of benzene rings is 6. The second kappa shape index (κ2) is 12.3. The first-order valence-electron chi connectivity index (χ1n) is 17.5. The summed E-state index contributed by atoms with van der Waals surface area (Å²) in [5, 5.41) is 12.1. The summed E-state index contributed by atoms with van der Waals surface area (Å²) in [4.78, 5) is 19.9. The smallest absolute Gasteiger partial charge is 0.308 e. The molecule has 0 spiro atoms. The normalized spacial score (nSPS) is 11.9. The molecule has 4 bridgehead atoms.